The molecular weight excluding hydrogens is 230 g/mol. The number of pyridine rings is 1. The SMILES string of the molecule is Cc1nc(N2CCCC(C(=O)O)C2)ccc1C#N. The minimum atomic E-state index is -0.745. The van der Waals surface area contributed by atoms with Crippen LogP contribution in [0.15, 0.2) is 12.1 Å². The second-order valence-electron chi connectivity index (χ2n) is 4.54. The number of aliphatic carboxylic acids is 1. The maximum Gasteiger partial charge on any atom is 0.308 e. The molecule has 18 heavy (non-hydrogen) atoms. The summed E-state index contributed by atoms with van der Waals surface area (Å²) < 4.78 is 0. The highest BCUT2D eigenvalue weighted by Crippen LogP contribution is 2.22. The van der Waals surface area contributed by atoms with E-state index in [4.69, 9.17) is 10.4 Å². The number of aryl methyl sites for hydroxylation is 1. The third-order valence-electron chi connectivity index (χ3n) is 3.29. The zero-order valence-corrected chi connectivity index (χ0v) is 10.3. The summed E-state index contributed by atoms with van der Waals surface area (Å²) in [5.41, 5.74) is 1.25. The van der Waals surface area contributed by atoms with Crippen LogP contribution < -0.4 is 4.90 Å². The molecule has 0 saturated carbocycles. The molecule has 1 N–H and O–H groups in total. The molecule has 5 nitrogen and oxygen atoms in total. The Morgan fingerprint density at radius 2 is 2.39 bits per heavy atom. The fourth-order valence-electron chi connectivity index (χ4n) is 2.23. The van der Waals surface area contributed by atoms with E-state index in [0.29, 0.717) is 17.8 Å². The van der Waals surface area contributed by atoms with Gasteiger partial charge in [-0.3, -0.25) is 4.79 Å². The average Bonchev–Trinajstić information content (AvgIpc) is 2.38. The minimum Gasteiger partial charge on any atom is -0.481 e. The summed E-state index contributed by atoms with van der Waals surface area (Å²) in [6.07, 6.45) is 1.58. The summed E-state index contributed by atoms with van der Waals surface area (Å²) in [7, 11) is 0. The van der Waals surface area contributed by atoms with Crippen LogP contribution in [0.25, 0.3) is 0 Å². The minimum absolute atomic E-state index is 0.323. The number of hydrogen-bond acceptors (Lipinski definition) is 4. The first-order valence-corrected chi connectivity index (χ1v) is 5.97. The van der Waals surface area contributed by atoms with Crippen LogP contribution in [0, 0.1) is 24.2 Å². The highest BCUT2D eigenvalue weighted by molar-refractivity contribution is 5.71. The third-order valence-corrected chi connectivity index (χ3v) is 3.29. The standard InChI is InChI=1S/C13H15N3O2/c1-9-10(7-14)4-5-12(15-9)16-6-2-3-11(8-16)13(17)18/h4-5,11H,2-3,6,8H2,1H3,(H,17,18). The van der Waals surface area contributed by atoms with E-state index in [-0.39, 0.29) is 5.92 Å². The maximum atomic E-state index is 11.0. The number of hydrogen-bond donors (Lipinski definition) is 1. The molecule has 2 heterocycles. The maximum absolute atomic E-state index is 11.0. The van der Waals surface area contributed by atoms with Crippen molar-refractivity contribution in [3.8, 4) is 6.07 Å². The molecule has 0 amide bonds. The van der Waals surface area contributed by atoms with Crippen LogP contribution in [0.5, 0.6) is 0 Å². The Balaban J connectivity index is 2.19. The molecule has 5 heteroatoms. The summed E-state index contributed by atoms with van der Waals surface area (Å²) in [4.78, 5) is 17.4. The fraction of sp³-hybridized carbons (Fsp3) is 0.462. The fourth-order valence-corrected chi connectivity index (χ4v) is 2.23. The van der Waals surface area contributed by atoms with Gasteiger partial charge in [-0.1, -0.05) is 0 Å². The Morgan fingerprint density at radius 3 is 3.00 bits per heavy atom. The molecule has 2 rings (SSSR count). The lowest BCUT2D eigenvalue weighted by Crippen LogP contribution is -2.39. The third kappa shape index (κ3) is 2.43. The Kier molecular flexibility index (Phi) is 3.47. The van der Waals surface area contributed by atoms with Gasteiger partial charge in [0.2, 0.25) is 0 Å². The molecule has 0 spiro atoms. The van der Waals surface area contributed by atoms with Crippen molar-refractivity contribution < 1.29 is 9.90 Å². The normalized spacial score (nSPS) is 19.3. The van der Waals surface area contributed by atoms with E-state index in [1.807, 2.05) is 4.90 Å². The Hall–Kier alpha value is -2.09. The Morgan fingerprint density at radius 1 is 1.61 bits per heavy atom. The lowest BCUT2D eigenvalue weighted by atomic mass is 9.98. The summed E-state index contributed by atoms with van der Waals surface area (Å²) in [6, 6.07) is 5.60. The predicted octanol–water partition coefficient (Wildman–Crippen LogP) is 1.56. The number of rotatable bonds is 2. The molecule has 1 aliphatic heterocycles. The van der Waals surface area contributed by atoms with Gasteiger partial charge >= 0.3 is 5.97 Å². The van der Waals surface area contributed by atoms with Gasteiger partial charge in [-0.2, -0.15) is 5.26 Å². The largest absolute Gasteiger partial charge is 0.481 e. The van der Waals surface area contributed by atoms with Gasteiger partial charge in [0.05, 0.1) is 17.2 Å². The van der Waals surface area contributed by atoms with Gasteiger partial charge in [-0.05, 0) is 31.9 Å². The summed E-state index contributed by atoms with van der Waals surface area (Å²) >= 11 is 0. The Bertz CT molecular complexity index is 507. The molecule has 0 aliphatic carbocycles. The van der Waals surface area contributed by atoms with E-state index in [2.05, 4.69) is 11.1 Å². The number of carboxylic acid groups (broad SMARTS) is 1. The molecule has 94 valence electrons. The molecule has 1 aromatic rings. The van der Waals surface area contributed by atoms with Gasteiger partial charge in [-0.15, -0.1) is 0 Å². The monoisotopic (exact) mass is 245 g/mol. The average molecular weight is 245 g/mol. The van der Waals surface area contributed by atoms with E-state index in [9.17, 15) is 4.79 Å². The van der Waals surface area contributed by atoms with Crippen LogP contribution in [-0.4, -0.2) is 29.1 Å². The van der Waals surface area contributed by atoms with Crippen LogP contribution in [0.1, 0.15) is 24.1 Å². The summed E-state index contributed by atoms with van der Waals surface area (Å²) in [5, 5.41) is 17.9. The predicted molar refractivity (Wildman–Crippen MR) is 66.3 cm³/mol. The molecule has 0 radical (unpaired) electrons. The first-order chi connectivity index (χ1) is 8.61. The number of carbonyl (C=O) groups is 1. The van der Waals surface area contributed by atoms with Crippen molar-refractivity contribution in [1.82, 2.24) is 4.98 Å². The Labute approximate surface area is 106 Å². The van der Waals surface area contributed by atoms with Crippen LogP contribution in [0.4, 0.5) is 5.82 Å². The lowest BCUT2D eigenvalue weighted by Gasteiger charge is -2.31. The van der Waals surface area contributed by atoms with Crippen molar-refractivity contribution in [3.05, 3.63) is 23.4 Å². The first-order valence-electron chi connectivity index (χ1n) is 5.97. The van der Waals surface area contributed by atoms with E-state index < -0.39 is 5.97 Å². The topological polar surface area (TPSA) is 77.2 Å². The second kappa shape index (κ2) is 5.05. The molecule has 1 aliphatic rings. The number of nitrogens with zero attached hydrogens (tertiary/aromatic N) is 3. The number of piperidine rings is 1. The van der Waals surface area contributed by atoms with Gasteiger partial charge < -0.3 is 10.0 Å². The molecular formula is C13H15N3O2. The van der Waals surface area contributed by atoms with E-state index in [1.165, 1.54) is 0 Å². The molecule has 1 aromatic heterocycles. The van der Waals surface area contributed by atoms with Gasteiger partial charge in [0.25, 0.3) is 0 Å². The van der Waals surface area contributed by atoms with Gasteiger partial charge in [0.15, 0.2) is 0 Å². The molecule has 1 fully saturated rings. The number of anilines is 1. The lowest BCUT2D eigenvalue weighted by molar-refractivity contribution is -0.141. The van der Waals surface area contributed by atoms with Crippen molar-refractivity contribution in [2.45, 2.75) is 19.8 Å². The first kappa shape index (κ1) is 12.4. The number of nitriles is 1. The van der Waals surface area contributed by atoms with Gasteiger partial charge in [0, 0.05) is 13.1 Å². The molecule has 0 aromatic carbocycles. The van der Waals surface area contributed by atoms with Crippen LogP contribution in [0.2, 0.25) is 0 Å². The molecule has 1 saturated heterocycles. The van der Waals surface area contributed by atoms with Crippen molar-refractivity contribution in [2.75, 3.05) is 18.0 Å². The molecule has 1 atom stereocenters. The number of aromatic nitrogens is 1. The quantitative estimate of drug-likeness (QED) is 0.855. The van der Waals surface area contributed by atoms with Crippen molar-refractivity contribution in [2.24, 2.45) is 5.92 Å². The second-order valence-corrected chi connectivity index (χ2v) is 4.54. The number of carboxylic acids is 1. The molecule has 0 bridgehead atoms. The van der Waals surface area contributed by atoms with E-state index in [1.54, 1.807) is 19.1 Å². The zero-order valence-electron chi connectivity index (χ0n) is 10.3. The van der Waals surface area contributed by atoms with Crippen molar-refractivity contribution in [1.29, 1.82) is 5.26 Å². The van der Waals surface area contributed by atoms with Crippen molar-refractivity contribution >= 4 is 11.8 Å². The van der Waals surface area contributed by atoms with Crippen LogP contribution >= 0.6 is 0 Å². The summed E-state index contributed by atoms with van der Waals surface area (Å²) in [5.74, 6) is -0.306. The zero-order chi connectivity index (χ0) is 13.1. The summed E-state index contributed by atoms with van der Waals surface area (Å²) in [6.45, 7) is 3.11. The highest BCUT2D eigenvalue weighted by Gasteiger charge is 2.26. The van der Waals surface area contributed by atoms with Gasteiger partial charge in [-0.25, -0.2) is 4.98 Å². The van der Waals surface area contributed by atoms with Crippen LogP contribution in [0.3, 0.4) is 0 Å². The van der Waals surface area contributed by atoms with E-state index in [0.717, 1.165) is 25.2 Å². The van der Waals surface area contributed by atoms with Gasteiger partial charge in [0.1, 0.15) is 11.9 Å². The van der Waals surface area contributed by atoms with Crippen LogP contribution in [-0.2, 0) is 4.79 Å². The van der Waals surface area contributed by atoms with Crippen molar-refractivity contribution in [3.63, 3.8) is 0 Å². The smallest absolute Gasteiger partial charge is 0.308 e. The molecule has 1 unspecified atom stereocenters. The van der Waals surface area contributed by atoms with E-state index >= 15 is 0 Å². The highest BCUT2D eigenvalue weighted by atomic mass is 16.4.